The van der Waals surface area contributed by atoms with E-state index in [9.17, 15) is 18.0 Å². The summed E-state index contributed by atoms with van der Waals surface area (Å²) in [5.41, 5.74) is 2.34. The van der Waals surface area contributed by atoms with Crippen molar-refractivity contribution in [3.63, 3.8) is 0 Å². The molecule has 0 bridgehead atoms. The average molecular weight is 416 g/mol. The summed E-state index contributed by atoms with van der Waals surface area (Å²) in [5, 5.41) is 9.44. The van der Waals surface area contributed by atoms with E-state index in [1.165, 1.54) is 18.2 Å². The highest BCUT2D eigenvalue weighted by atomic mass is 32.2. The van der Waals surface area contributed by atoms with Gasteiger partial charge in [0.1, 0.15) is 11.3 Å². The number of carbonyl (C=O) groups excluding carboxylic acids is 1. The molecule has 0 aliphatic rings. The maximum Gasteiger partial charge on any atom is 0.416 e. The molecule has 0 saturated carbocycles. The van der Waals surface area contributed by atoms with Crippen molar-refractivity contribution < 1.29 is 18.0 Å². The zero-order valence-corrected chi connectivity index (χ0v) is 16.1. The lowest BCUT2D eigenvalue weighted by atomic mass is 10.0. The summed E-state index contributed by atoms with van der Waals surface area (Å²) in [6.07, 6.45) is -4.79. The number of ketones is 1. The number of aromatic nitrogens is 4. The molecule has 0 fully saturated rings. The minimum Gasteiger partial charge on any atom is -0.338 e. The number of Topliss-reactive ketones (excluding diaryl/α,β-unsaturated/α-hetero) is 1. The van der Waals surface area contributed by atoms with Crippen LogP contribution in [0.2, 0.25) is 0 Å². The third-order valence-corrected chi connectivity index (χ3v) is 5.32. The lowest BCUT2D eigenvalue weighted by molar-refractivity contribution is -0.138. The third-order valence-electron chi connectivity index (χ3n) is 4.42. The predicted octanol–water partition coefficient (Wildman–Crippen LogP) is 4.74. The van der Waals surface area contributed by atoms with Crippen molar-refractivity contribution in [2.75, 3.05) is 5.75 Å². The smallest absolute Gasteiger partial charge is 0.338 e. The first-order chi connectivity index (χ1) is 13.8. The lowest BCUT2D eigenvalue weighted by Crippen LogP contribution is -2.13. The number of H-pyrrole nitrogens is 1. The second-order valence-corrected chi connectivity index (χ2v) is 7.57. The van der Waals surface area contributed by atoms with Crippen LogP contribution < -0.4 is 0 Å². The highest BCUT2D eigenvalue weighted by molar-refractivity contribution is 7.99. The highest BCUT2D eigenvalue weighted by Gasteiger charge is 2.33. The molecule has 0 unspecified atom stereocenters. The molecule has 0 aliphatic heterocycles. The van der Waals surface area contributed by atoms with Crippen molar-refractivity contribution >= 4 is 39.6 Å². The van der Waals surface area contributed by atoms with Gasteiger partial charge in [0.05, 0.1) is 11.3 Å². The van der Waals surface area contributed by atoms with Crippen molar-refractivity contribution in [1.82, 2.24) is 20.2 Å². The van der Waals surface area contributed by atoms with Gasteiger partial charge in [-0.3, -0.25) is 4.79 Å². The molecule has 1 N–H and O–H groups in total. The average Bonchev–Trinajstić information content (AvgIpc) is 3.03. The molecular formula is C20H15F3N4OS. The van der Waals surface area contributed by atoms with Crippen molar-refractivity contribution in [2.45, 2.75) is 24.7 Å². The summed E-state index contributed by atoms with van der Waals surface area (Å²) in [4.78, 5) is 19.8. The fourth-order valence-corrected chi connectivity index (χ4v) is 3.74. The molecule has 4 rings (SSSR count). The number of alkyl halides is 3. The Kier molecular flexibility index (Phi) is 4.99. The molecule has 0 radical (unpaired) electrons. The van der Waals surface area contributed by atoms with Crippen LogP contribution in [0.5, 0.6) is 0 Å². The minimum atomic E-state index is -4.49. The molecule has 9 heteroatoms. The largest absolute Gasteiger partial charge is 0.416 e. The zero-order valence-electron chi connectivity index (χ0n) is 15.2. The van der Waals surface area contributed by atoms with E-state index >= 15 is 0 Å². The molecule has 2 aromatic carbocycles. The lowest BCUT2D eigenvalue weighted by Gasteiger charge is -2.11. The van der Waals surface area contributed by atoms with Gasteiger partial charge in [-0.1, -0.05) is 41.6 Å². The molecular weight excluding hydrogens is 401 g/mol. The number of carbonyl (C=O) groups is 1. The Labute approximate surface area is 167 Å². The first-order valence-corrected chi connectivity index (χ1v) is 9.72. The van der Waals surface area contributed by atoms with Gasteiger partial charge >= 0.3 is 6.18 Å². The maximum absolute atomic E-state index is 13.1. The number of hydrogen-bond acceptors (Lipinski definition) is 5. The monoisotopic (exact) mass is 416 g/mol. The van der Waals surface area contributed by atoms with E-state index < -0.39 is 11.7 Å². The summed E-state index contributed by atoms with van der Waals surface area (Å²) in [6.45, 7) is 1.98. The fraction of sp³-hybridized carbons (Fsp3) is 0.200. The molecule has 0 atom stereocenters. The maximum atomic E-state index is 13.1. The van der Waals surface area contributed by atoms with Crippen LogP contribution in [0.1, 0.15) is 16.7 Å². The molecule has 148 valence electrons. The molecule has 29 heavy (non-hydrogen) atoms. The SMILES string of the molecule is Cc1ccc2[nH]c3nc(SCC(=O)Cc4ccccc4C(F)(F)F)nnc3c2c1. The van der Waals surface area contributed by atoms with Crippen molar-refractivity contribution in [1.29, 1.82) is 0 Å². The first-order valence-electron chi connectivity index (χ1n) is 8.73. The van der Waals surface area contributed by atoms with Gasteiger partial charge in [-0.05, 0) is 30.7 Å². The number of fused-ring (bicyclic) bond motifs is 3. The van der Waals surface area contributed by atoms with Crippen LogP contribution in [0, 0.1) is 6.92 Å². The van der Waals surface area contributed by atoms with Gasteiger partial charge in [-0.15, -0.1) is 10.2 Å². The number of aryl methyl sites for hydroxylation is 1. The number of aromatic amines is 1. The van der Waals surface area contributed by atoms with Crippen LogP contribution in [-0.4, -0.2) is 31.7 Å². The van der Waals surface area contributed by atoms with Gasteiger partial charge in [-0.25, -0.2) is 4.98 Å². The molecule has 0 spiro atoms. The van der Waals surface area contributed by atoms with E-state index in [0.29, 0.717) is 16.3 Å². The third kappa shape index (κ3) is 4.09. The molecule has 4 aromatic rings. The quantitative estimate of drug-likeness (QED) is 0.476. The van der Waals surface area contributed by atoms with E-state index in [-0.39, 0.29) is 23.5 Å². The van der Waals surface area contributed by atoms with Gasteiger partial charge in [0.25, 0.3) is 0 Å². The van der Waals surface area contributed by atoms with E-state index in [2.05, 4.69) is 20.2 Å². The van der Waals surface area contributed by atoms with Gasteiger partial charge in [0, 0.05) is 17.3 Å². The number of benzene rings is 2. The van der Waals surface area contributed by atoms with Crippen molar-refractivity contribution in [2.24, 2.45) is 0 Å². The van der Waals surface area contributed by atoms with E-state index in [4.69, 9.17) is 0 Å². The number of hydrogen-bond donors (Lipinski definition) is 1. The second kappa shape index (κ2) is 7.47. The fourth-order valence-electron chi connectivity index (χ4n) is 3.09. The molecule has 2 aromatic heterocycles. The number of halogens is 3. The van der Waals surface area contributed by atoms with Crippen LogP contribution >= 0.6 is 11.8 Å². The number of nitrogens with zero attached hydrogens (tertiary/aromatic N) is 3. The molecule has 0 amide bonds. The molecule has 0 aliphatic carbocycles. The summed E-state index contributed by atoms with van der Waals surface area (Å²) < 4.78 is 39.2. The Bertz CT molecular complexity index is 1220. The number of thioether (sulfide) groups is 1. The normalized spacial score (nSPS) is 12.0. The standard InChI is InChI=1S/C20H15F3N4OS/c1-11-6-7-16-14(8-11)17-18(24-16)25-19(27-26-17)29-10-13(28)9-12-4-2-3-5-15(12)20(21,22)23/h2-8H,9-10H2,1H3,(H,24,25,27). The zero-order chi connectivity index (χ0) is 20.6. The number of rotatable bonds is 5. The summed E-state index contributed by atoms with van der Waals surface area (Å²) in [6, 6.07) is 11.0. The van der Waals surface area contributed by atoms with Gasteiger partial charge in [-0.2, -0.15) is 13.2 Å². The van der Waals surface area contributed by atoms with Crippen molar-refractivity contribution in [3.8, 4) is 0 Å². The van der Waals surface area contributed by atoms with Crippen LogP contribution in [0.15, 0.2) is 47.6 Å². The summed E-state index contributed by atoms with van der Waals surface area (Å²) in [7, 11) is 0. The van der Waals surface area contributed by atoms with Crippen LogP contribution in [0.25, 0.3) is 22.1 Å². The molecule has 5 nitrogen and oxygen atoms in total. The topological polar surface area (TPSA) is 71.5 Å². The van der Waals surface area contributed by atoms with Crippen LogP contribution in [0.4, 0.5) is 13.2 Å². The van der Waals surface area contributed by atoms with Crippen LogP contribution in [0.3, 0.4) is 0 Å². The Hall–Kier alpha value is -2.94. The van der Waals surface area contributed by atoms with E-state index in [0.717, 1.165) is 34.3 Å². The predicted molar refractivity (Wildman–Crippen MR) is 105 cm³/mol. The molecule has 0 saturated heterocycles. The van der Waals surface area contributed by atoms with Crippen LogP contribution in [-0.2, 0) is 17.4 Å². The first kappa shape index (κ1) is 19.4. The van der Waals surface area contributed by atoms with Crippen molar-refractivity contribution in [3.05, 3.63) is 59.2 Å². The molecule has 2 heterocycles. The Morgan fingerprint density at radius 1 is 1.14 bits per heavy atom. The number of nitrogens with one attached hydrogen (secondary N) is 1. The van der Waals surface area contributed by atoms with Gasteiger partial charge < -0.3 is 4.98 Å². The van der Waals surface area contributed by atoms with E-state index in [1.807, 2.05) is 25.1 Å². The van der Waals surface area contributed by atoms with E-state index in [1.54, 1.807) is 0 Å². The summed E-state index contributed by atoms with van der Waals surface area (Å²) >= 11 is 1.05. The Balaban J connectivity index is 1.48. The highest BCUT2D eigenvalue weighted by Crippen LogP contribution is 2.32. The van der Waals surface area contributed by atoms with Gasteiger partial charge in [0.15, 0.2) is 5.65 Å². The Morgan fingerprint density at radius 2 is 1.93 bits per heavy atom. The Morgan fingerprint density at radius 3 is 2.72 bits per heavy atom. The minimum absolute atomic E-state index is 0.0360. The van der Waals surface area contributed by atoms with Gasteiger partial charge in [0.2, 0.25) is 5.16 Å². The second-order valence-electron chi connectivity index (χ2n) is 6.62. The summed E-state index contributed by atoms with van der Waals surface area (Å²) in [5.74, 6) is -0.388.